The third-order valence-corrected chi connectivity index (χ3v) is 15.3. The molecular formula is C64H62N4O8. The summed E-state index contributed by atoms with van der Waals surface area (Å²) in [5.41, 5.74) is 15.4. The van der Waals surface area contributed by atoms with E-state index in [1.54, 1.807) is 25.1 Å². The van der Waals surface area contributed by atoms with Gasteiger partial charge in [-0.1, -0.05) is 79.7 Å². The molecule has 0 fully saturated rings. The van der Waals surface area contributed by atoms with Crippen LogP contribution in [-0.4, -0.2) is 0 Å². The van der Waals surface area contributed by atoms with E-state index in [0.717, 1.165) is 172 Å². The van der Waals surface area contributed by atoms with Gasteiger partial charge in [0.05, 0.1) is 118 Å². The number of benzene rings is 4. The van der Waals surface area contributed by atoms with Gasteiger partial charge < -0.3 is 54.9 Å². The zero-order valence-electron chi connectivity index (χ0n) is 44.4. The molecule has 0 bridgehead atoms. The Bertz CT molecular complexity index is 3290. The van der Waals surface area contributed by atoms with Crippen molar-refractivity contribution in [2.24, 2.45) is 0 Å². The van der Waals surface area contributed by atoms with Gasteiger partial charge in [0, 0.05) is 105 Å². The highest BCUT2D eigenvalue weighted by Crippen LogP contribution is 2.57. The van der Waals surface area contributed by atoms with Crippen LogP contribution in [0.3, 0.4) is 0 Å². The van der Waals surface area contributed by atoms with Gasteiger partial charge in [0.25, 0.3) is 0 Å². The van der Waals surface area contributed by atoms with Crippen molar-refractivity contribution in [1.82, 2.24) is 0 Å². The molecule has 12 rings (SSSR count). The Balaban J connectivity index is 1.32. The van der Waals surface area contributed by atoms with Gasteiger partial charge in [-0.15, -0.1) is 0 Å². The lowest BCUT2D eigenvalue weighted by molar-refractivity contribution is 0.516. The molecule has 12 nitrogen and oxygen atoms in total. The molecule has 12 aromatic rings. The van der Waals surface area contributed by atoms with Crippen LogP contribution in [-0.2, 0) is 51.4 Å². The minimum absolute atomic E-state index is 0.675. The molecule has 12 heteroatoms. The SMILES string of the molecule is CCc1cocc1N(c1ccoc1CC)c1cc(N(c2cocc2CC)c2ccoc2CC)c2ccc3c(N(c4cocc4CC)c4ccoc4CC)cc(N(c4cocc4CC)c4ccoc4CC)c4ccc1c2c43. The molecule has 0 amide bonds. The first-order valence-electron chi connectivity index (χ1n) is 26.8. The number of nitrogens with zero attached hydrogens (tertiary/aromatic N) is 4. The summed E-state index contributed by atoms with van der Waals surface area (Å²) in [6.07, 6.45) is 27.7. The average molecular weight is 1020 g/mol. The van der Waals surface area contributed by atoms with Crippen LogP contribution in [0, 0.1) is 0 Å². The number of hydrogen-bond donors (Lipinski definition) is 0. The third kappa shape index (κ3) is 7.55. The highest BCUT2D eigenvalue weighted by atomic mass is 16.3. The van der Waals surface area contributed by atoms with E-state index in [9.17, 15) is 0 Å². The molecule has 0 spiro atoms. The third-order valence-electron chi connectivity index (χ3n) is 15.3. The van der Waals surface area contributed by atoms with Crippen molar-refractivity contribution in [1.29, 1.82) is 0 Å². The van der Waals surface area contributed by atoms with Gasteiger partial charge in [0.1, 0.15) is 48.1 Å². The molecule has 0 radical (unpaired) electrons. The lowest BCUT2D eigenvalue weighted by Gasteiger charge is -2.33. The number of hydrogen-bond acceptors (Lipinski definition) is 12. The zero-order valence-corrected chi connectivity index (χ0v) is 44.4. The topological polar surface area (TPSA) is 118 Å². The minimum atomic E-state index is 0.675. The maximum absolute atomic E-state index is 6.32. The Hall–Kier alpha value is -8.64. The highest BCUT2D eigenvalue weighted by Gasteiger charge is 2.34. The van der Waals surface area contributed by atoms with Crippen molar-refractivity contribution in [3.63, 3.8) is 0 Å². The van der Waals surface area contributed by atoms with Crippen LogP contribution >= 0.6 is 0 Å². The molecule has 8 heterocycles. The van der Waals surface area contributed by atoms with Crippen LogP contribution in [0.5, 0.6) is 0 Å². The maximum Gasteiger partial charge on any atom is 0.127 e. The molecule has 0 aliphatic rings. The number of furan rings is 8. The van der Waals surface area contributed by atoms with E-state index < -0.39 is 0 Å². The fourth-order valence-corrected chi connectivity index (χ4v) is 11.5. The molecule has 0 saturated heterocycles. The fourth-order valence-electron chi connectivity index (χ4n) is 11.5. The summed E-state index contributed by atoms with van der Waals surface area (Å²) in [7, 11) is 0. The van der Waals surface area contributed by atoms with E-state index in [0.29, 0.717) is 25.7 Å². The van der Waals surface area contributed by atoms with E-state index in [2.05, 4.69) is 136 Å². The Labute approximate surface area is 441 Å². The maximum atomic E-state index is 6.32. The monoisotopic (exact) mass is 1010 g/mol. The van der Waals surface area contributed by atoms with Crippen molar-refractivity contribution >= 4 is 101 Å². The first kappa shape index (κ1) is 48.3. The summed E-state index contributed by atoms with van der Waals surface area (Å²) < 4.78 is 49.9. The first-order chi connectivity index (χ1) is 37.4. The summed E-state index contributed by atoms with van der Waals surface area (Å²) >= 11 is 0. The van der Waals surface area contributed by atoms with Crippen LogP contribution in [0.4, 0.5) is 68.2 Å². The van der Waals surface area contributed by atoms with Gasteiger partial charge in [-0.25, -0.2) is 0 Å². The van der Waals surface area contributed by atoms with Gasteiger partial charge in [0.15, 0.2) is 0 Å². The second-order valence-electron chi connectivity index (χ2n) is 19.1. The Morgan fingerprint density at radius 1 is 0.263 bits per heavy atom. The Kier molecular flexibility index (Phi) is 12.6. The van der Waals surface area contributed by atoms with Crippen molar-refractivity contribution in [3.05, 3.63) is 181 Å². The highest BCUT2D eigenvalue weighted by molar-refractivity contribution is 6.33. The van der Waals surface area contributed by atoms with Gasteiger partial charge in [0.2, 0.25) is 0 Å². The number of aryl methyl sites for hydroxylation is 8. The first-order valence-corrected chi connectivity index (χ1v) is 26.8. The molecular weight excluding hydrogens is 953 g/mol. The Morgan fingerprint density at radius 3 is 0.711 bits per heavy atom. The van der Waals surface area contributed by atoms with Crippen LogP contribution in [0.1, 0.15) is 101 Å². The molecule has 386 valence electrons. The van der Waals surface area contributed by atoms with Crippen molar-refractivity contribution in [2.75, 3.05) is 19.6 Å². The van der Waals surface area contributed by atoms with Gasteiger partial charge >= 0.3 is 0 Å². The predicted octanol–water partition coefficient (Wildman–Crippen LogP) is 19.7. The standard InChI is InChI=1S/C64H62N4O8/c1-9-39-31-69-35-55(39)65(47-21-25-73-59(47)13-5)51-29-52(66(48-22-26-74-60(48)14-6)56-36-70-32-40(56)10-2)44-19-20-46-54(68(50-24-28-76-62(50)16-8)58-38-72-34-42(58)12-4)30-53(45-18-17-43(51)63(44)64(45)46)67(49-23-27-75-61(49)15-7)57-37-71-33-41(57)11-3/h17-38H,9-16H2,1-8H3. The van der Waals surface area contributed by atoms with E-state index in [-0.39, 0.29) is 0 Å². The van der Waals surface area contributed by atoms with E-state index in [1.165, 1.54) is 0 Å². The summed E-state index contributed by atoms with van der Waals surface area (Å²) in [6.45, 7) is 17.2. The van der Waals surface area contributed by atoms with Crippen LogP contribution in [0.25, 0.3) is 32.3 Å². The van der Waals surface area contributed by atoms with Crippen LogP contribution in [0.15, 0.2) is 171 Å². The largest absolute Gasteiger partial charge is 0.470 e. The summed E-state index contributed by atoms with van der Waals surface area (Å²) in [5.74, 6) is 3.41. The molecule has 0 aliphatic heterocycles. The van der Waals surface area contributed by atoms with Crippen molar-refractivity contribution < 1.29 is 35.3 Å². The van der Waals surface area contributed by atoms with Crippen LogP contribution in [0.2, 0.25) is 0 Å². The number of anilines is 12. The summed E-state index contributed by atoms with van der Waals surface area (Å²) in [4.78, 5) is 9.34. The quantitative estimate of drug-likeness (QED) is 0.0676. The predicted molar refractivity (Wildman–Crippen MR) is 302 cm³/mol. The molecule has 0 atom stereocenters. The van der Waals surface area contributed by atoms with Gasteiger partial charge in [-0.05, 0) is 37.8 Å². The minimum Gasteiger partial charge on any atom is -0.470 e. The molecule has 0 aliphatic carbocycles. The lowest BCUT2D eigenvalue weighted by atomic mass is 9.89. The molecule has 0 saturated carbocycles. The van der Waals surface area contributed by atoms with E-state index >= 15 is 0 Å². The molecule has 0 unspecified atom stereocenters. The number of rotatable bonds is 20. The van der Waals surface area contributed by atoms with Crippen LogP contribution < -0.4 is 19.6 Å². The zero-order chi connectivity index (χ0) is 52.2. The van der Waals surface area contributed by atoms with Crippen molar-refractivity contribution in [3.8, 4) is 0 Å². The molecule has 8 aromatic heterocycles. The average Bonchev–Trinajstić information content (AvgIpc) is 4.33. The lowest BCUT2D eigenvalue weighted by Crippen LogP contribution is -2.17. The smallest absolute Gasteiger partial charge is 0.127 e. The van der Waals surface area contributed by atoms with E-state index in [4.69, 9.17) is 35.3 Å². The molecule has 4 aromatic carbocycles. The van der Waals surface area contributed by atoms with Crippen molar-refractivity contribution in [2.45, 2.75) is 107 Å². The molecule has 0 N–H and O–H groups in total. The fraction of sp³-hybridized carbons (Fsp3) is 0.250. The Morgan fingerprint density at radius 2 is 0.500 bits per heavy atom. The normalized spacial score (nSPS) is 11.8. The van der Waals surface area contributed by atoms with Gasteiger partial charge in [-0.3, -0.25) is 0 Å². The second-order valence-corrected chi connectivity index (χ2v) is 19.1. The summed E-state index contributed by atoms with van der Waals surface area (Å²) in [6, 6.07) is 22.1. The molecule has 76 heavy (non-hydrogen) atoms. The second kappa shape index (κ2) is 19.9. The van der Waals surface area contributed by atoms with E-state index in [1.807, 2.05) is 50.1 Å². The van der Waals surface area contributed by atoms with Gasteiger partial charge in [-0.2, -0.15) is 0 Å². The summed E-state index contributed by atoms with van der Waals surface area (Å²) in [5, 5.41) is 6.23.